The van der Waals surface area contributed by atoms with Crippen molar-refractivity contribution < 1.29 is 14.6 Å². The van der Waals surface area contributed by atoms with Gasteiger partial charge >= 0.3 is 0 Å². The molecule has 0 radical (unpaired) electrons. The van der Waals surface area contributed by atoms with E-state index in [-0.39, 0.29) is 18.4 Å². The fourth-order valence-electron chi connectivity index (χ4n) is 2.38. The molecule has 1 amide bonds. The van der Waals surface area contributed by atoms with Crippen LogP contribution in [0.15, 0.2) is 0 Å². The Morgan fingerprint density at radius 2 is 2.06 bits per heavy atom. The van der Waals surface area contributed by atoms with E-state index in [1.807, 2.05) is 6.92 Å². The summed E-state index contributed by atoms with van der Waals surface area (Å²) in [4.78, 5) is 11.8. The first-order valence-electron chi connectivity index (χ1n) is 6.56. The van der Waals surface area contributed by atoms with Gasteiger partial charge in [0.05, 0.1) is 12.0 Å². The zero-order valence-corrected chi connectivity index (χ0v) is 11.0. The van der Waals surface area contributed by atoms with E-state index in [0.29, 0.717) is 6.61 Å². The van der Waals surface area contributed by atoms with Gasteiger partial charge in [-0.15, -0.1) is 0 Å². The van der Waals surface area contributed by atoms with Crippen molar-refractivity contribution in [1.82, 2.24) is 5.32 Å². The number of carbonyl (C=O) groups is 1. The van der Waals surface area contributed by atoms with E-state index in [1.165, 1.54) is 6.42 Å². The quantitative estimate of drug-likeness (QED) is 0.745. The number of amides is 1. The van der Waals surface area contributed by atoms with Gasteiger partial charge in [-0.2, -0.15) is 0 Å². The number of ether oxygens (including phenoxy) is 1. The second kappa shape index (κ2) is 6.97. The first-order chi connectivity index (χ1) is 8.06. The molecule has 0 heterocycles. The molecule has 1 atom stereocenters. The van der Waals surface area contributed by atoms with Gasteiger partial charge in [0, 0.05) is 19.8 Å². The lowest BCUT2D eigenvalue weighted by Gasteiger charge is -2.31. The van der Waals surface area contributed by atoms with Gasteiger partial charge in [0.15, 0.2) is 0 Å². The minimum Gasteiger partial charge on any atom is -0.389 e. The van der Waals surface area contributed by atoms with Gasteiger partial charge in [0.1, 0.15) is 0 Å². The Kier molecular flexibility index (Phi) is 5.92. The number of methoxy groups -OCH3 is 1. The summed E-state index contributed by atoms with van der Waals surface area (Å²) in [5.74, 6) is -0.0435. The van der Waals surface area contributed by atoms with Crippen LogP contribution in [0.2, 0.25) is 0 Å². The molecule has 17 heavy (non-hydrogen) atoms. The number of rotatable bonds is 6. The molecule has 0 aromatic carbocycles. The van der Waals surface area contributed by atoms with Crippen molar-refractivity contribution >= 4 is 5.91 Å². The topological polar surface area (TPSA) is 58.6 Å². The van der Waals surface area contributed by atoms with Crippen molar-refractivity contribution in [1.29, 1.82) is 0 Å². The van der Waals surface area contributed by atoms with Gasteiger partial charge in [-0.1, -0.05) is 19.3 Å². The standard InChI is InChI=1S/C13H25NO3/c1-11(6-9-17-2)14-12(15)10-13(16)7-4-3-5-8-13/h11,16H,3-10H2,1-2H3,(H,14,15). The van der Waals surface area contributed by atoms with Crippen LogP contribution in [0.5, 0.6) is 0 Å². The summed E-state index contributed by atoms with van der Waals surface area (Å²) in [5.41, 5.74) is -0.761. The van der Waals surface area contributed by atoms with Gasteiger partial charge in [-0.25, -0.2) is 0 Å². The van der Waals surface area contributed by atoms with Crippen molar-refractivity contribution in [2.24, 2.45) is 0 Å². The summed E-state index contributed by atoms with van der Waals surface area (Å²) >= 11 is 0. The van der Waals surface area contributed by atoms with Crippen LogP contribution >= 0.6 is 0 Å². The number of carbonyl (C=O) groups excluding carboxylic acids is 1. The minimum atomic E-state index is -0.761. The highest BCUT2D eigenvalue weighted by atomic mass is 16.5. The maximum absolute atomic E-state index is 11.8. The van der Waals surface area contributed by atoms with Crippen molar-refractivity contribution in [3.8, 4) is 0 Å². The van der Waals surface area contributed by atoms with Gasteiger partial charge < -0.3 is 15.2 Å². The highest BCUT2D eigenvalue weighted by molar-refractivity contribution is 5.77. The van der Waals surface area contributed by atoms with Crippen LogP contribution in [0.1, 0.15) is 51.9 Å². The summed E-state index contributed by atoms with van der Waals surface area (Å²) in [5, 5.41) is 13.2. The molecular formula is C13H25NO3. The van der Waals surface area contributed by atoms with E-state index in [2.05, 4.69) is 5.32 Å². The van der Waals surface area contributed by atoms with Crippen LogP contribution in [0.4, 0.5) is 0 Å². The van der Waals surface area contributed by atoms with E-state index in [4.69, 9.17) is 4.74 Å². The van der Waals surface area contributed by atoms with Crippen LogP contribution in [-0.2, 0) is 9.53 Å². The third-order valence-electron chi connectivity index (χ3n) is 3.44. The summed E-state index contributed by atoms with van der Waals surface area (Å²) in [6.07, 6.45) is 5.80. The molecule has 4 heteroatoms. The average molecular weight is 243 g/mol. The third-order valence-corrected chi connectivity index (χ3v) is 3.44. The van der Waals surface area contributed by atoms with Crippen LogP contribution in [0, 0.1) is 0 Å². The lowest BCUT2D eigenvalue weighted by atomic mass is 9.82. The minimum absolute atomic E-state index is 0.0435. The summed E-state index contributed by atoms with van der Waals surface area (Å²) in [7, 11) is 1.65. The van der Waals surface area contributed by atoms with Crippen LogP contribution in [-0.4, -0.2) is 36.4 Å². The molecule has 1 aliphatic carbocycles. The van der Waals surface area contributed by atoms with Gasteiger partial charge in [0.2, 0.25) is 5.91 Å². The Balaban J connectivity index is 2.27. The molecule has 4 nitrogen and oxygen atoms in total. The maximum atomic E-state index is 11.8. The zero-order chi connectivity index (χ0) is 12.7. The number of nitrogens with one attached hydrogen (secondary N) is 1. The summed E-state index contributed by atoms with van der Waals surface area (Å²) in [6, 6.07) is 0.106. The van der Waals surface area contributed by atoms with Gasteiger partial charge in [-0.05, 0) is 26.2 Å². The molecule has 0 aromatic rings. The van der Waals surface area contributed by atoms with Crippen molar-refractivity contribution in [2.45, 2.75) is 63.5 Å². The van der Waals surface area contributed by atoms with Crippen LogP contribution in [0.25, 0.3) is 0 Å². The van der Waals surface area contributed by atoms with E-state index in [9.17, 15) is 9.90 Å². The Morgan fingerprint density at radius 3 is 2.65 bits per heavy atom. The van der Waals surface area contributed by atoms with Crippen molar-refractivity contribution in [3.63, 3.8) is 0 Å². The Hall–Kier alpha value is -0.610. The lowest BCUT2D eigenvalue weighted by Crippen LogP contribution is -2.41. The second-order valence-corrected chi connectivity index (χ2v) is 5.21. The van der Waals surface area contributed by atoms with Crippen LogP contribution in [0.3, 0.4) is 0 Å². The first kappa shape index (κ1) is 14.5. The molecule has 1 aliphatic rings. The molecule has 1 fully saturated rings. The van der Waals surface area contributed by atoms with Gasteiger partial charge in [0.25, 0.3) is 0 Å². The van der Waals surface area contributed by atoms with E-state index in [0.717, 1.165) is 32.1 Å². The largest absolute Gasteiger partial charge is 0.389 e. The molecule has 1 saturated carbocycles. The molecule has 0 spiro atoms. The molecule has 2 N–H and O–H groups in total. The maximum Gasteiger partial charge on any atom is 0.223 e. The Bertz CT molecular complexity index is 237. The highest BCUT2D eigenvalue weighted by Gasteiger charge is 2.31. The smallest absolute Gasteiger partial charge is 0.223 e. The number of aliphatic hydroxyl groups is 1. The molecular weight excluding hydrogens is 218 g/mol. The summed E-state index contributed by atoms with van der Waals surface area (Å²) < 4.78 is 4.96. The highest BCUT2D eigenvalue weighted by Crippen LogP contribution is 2.30. The predicted octanol–water partition coefficient (Wildman–Crippen LogP) is 1.61. The van der Waals surface area contributed by atoms with Crippen molar-refractivity contribution in [2.75, 3.05) is 13.7 Å². The monoisotopic (exact) mass is 243 g/mol. The van der Waals surface area contributed by atoms with E-state index >= 15 is 0 Å². The zero-order valence-electron chi connectivity index (χ0n) is 11.0. The fraction of sp³-hybridized carbons (Fsp3) is 0.923. The van der Waals surface area contributed by atoms with E-state index < -0.39 is 5.60 Å². The number of hydrogen-bond donors (Lipinski definition) is 2. The number of hydrogen-bond acceptors (Lipinski definition) is 3. The Labute approximate surface area is 104 Å². The molecule has 1 rings (SSSR count). The van der Waals surface area contributed by atoms with E-state index in [1.54, 1.807) is 7.11 Å². The average Bonchev–Trinajstić information content (AvgIpc) is 2.26. The Morgan fingerprint density at radius 1 is 1.41 bits per heavy atom. The third kappa shape index (κ3) is 5.50. The molecule has 0 aliphatic heterocycles. The van der Waals surface area contributed by atoms with Crippen molar-refractivity contribution in [3.05, 3.63) is 0 Å². The molecule has 0 bridgehead atoms. The summed E-state index contributed by atoms with van der Waals surface area (Å²) in [6.45, 7) is 2.60. The first-order valence-corrected chi connectivity index (χ1v) is 6.56. The molecule has 0 aromatic heterocycles. The normalized spacial score (nSPS) is 20.9. The SMILES string of the molecule is COCCC(C)NC(=O)CC1(O)CCCCC1. The molecule has 100 valence electrons. The molecule has 1 unspecified atom stereocenters. The van der Waals surface area contributed by atoms with Gasteiger partial charge in [-0.3, -0.25) is 4.79 Å². The fourth-order valence-corrected chi connectivity index (χ4v) is 2.38. The lowest BCUT2D eigenvalue weighted by molar-refractivity contribution is -0.128. The molecule has 0 saturated heterocycles. The second-order valence-electron chi connectivity index (χ2n) is 5.21. The predicted molar refractivity (Wildman–Crippen MR) is 66.7 cm³/mol. The van der Waals surface area contributed by atoms with Crippen LogP contribution < -0.4 is 5.32 Å².